The average Bonchev–Trinajstić information content (AvgIpc) is 2.48. The van der Waals surface area contributed by atoms with E-state index >= 15 is 0 Å². The van der Waals surface area contributed by atoms with E-state index in [1.807, 2.05) is 0 Å². The van der Waals surface area contributed by atoms with Crippen molar-refractivity contribution >= 4 is 33.5 Å². The largest absolute Gasteiger partial charge is 0.369 e. The molecule has 20 heavy (non-hydrogen) atoms. The number of halogens is 1. The Morgan fingerprint density at radius 3 is 2.80 bits per heavy atom. The average molecular weight is 336 g/mol. The molecule has 2 rings (SSSR count). The Kier molecular flexibility index (Phi) is 5.00. The summed E-state index contributed by atoms with van der Waals surface area (Å²) in [5.74, 6) is 0.758. The first-order chi connectivity index (χ1) is 9.70. The summed E-state index contributed by atoms with van der Waals surface area (Å²) in [5.41, 5.74) is 0.240. The molecule has 7 heteroatoms. The second-order valence-electron chi connectivity index (χ2n) is 4.02. The van der Waals surface area contributed by atoms with Gasteiger partial charge in [0.2, 0.25) is 0 Å². The minimum Gasteiger partial charge on any atom is -0.369 e. The minimum atomic E-state index is -0.348. The van der Waals surface area contributed by atoms with Gasteiger partial charge in [-0.25, -0.2) is 4.98 Å². The highest BCUT2D eigenvalue weighted by molar-refractivity contribution is 9.10. The number of pyridine rings is 1. The molecule has 0 unspecified atom stereocenters. The SMILES string of the molecule is CCCNc1ccc(C(=O)Nc2ncccc2Br)nn1. The monoisotopic (exact) mass is 335 g/mol. The van der Waals surface area contributed by atoms with Gasteiger partial charge in [0, 0.05) is 12.7 Å². The lowest BCUT2D eigenvalue weighted by atomic mass is 10.3. The summed E-state index contributed by atoms with van der Waals surface area (Å²) >= 11 is 3.31. The molecule has 0 aliphatic rings. The van der Waals surface area contributed by atoms with Crippen molar-refractivity contribution in [2.75, 3.05) is 17.2 Å². The Labute approximate surface area is 125 Å². The third-order valence-electron chi connectivity index (χ3n) is 2.44. The molecule has 2 heterocycles. The van der Waals surface area contributed by atoms with Gasteiger partial charge in [0.1, 0.15) is 11.6 Å². The number of anilines is 2. The zero-order chi connectivity index (χ0) is 14.4. The van der Waals surface area contributed by atoms with E-state index < -0.39 is 0 Å². The Bertz CT molecular complexity index is 588. The normalized spacial score (nSPS) is 10.1. The molecule has 6 nitrogen and oxygen atoms in total. The molecule has 0 saturated carbocycles. The van der Waals surface area contributed by atoms with Gasteiger partial charge in [-0.15, -0.1) is 10.2 Å². The number of hydrogen-bond donors (Lipinski definition) is 2. The zero-order valence-corrected chi connectivity index (χ0v) is 12.5. The van der Waals surface area contributed by atoms with Gasteiger partial charge in [-0.1, -0.05) is 6.92 Å². The van der Waals surface area contributed by atoms with Gasteiger partial charge >= 0.3 is 0 Å². The third-order valence-corrected chi connectivity index (χ3v) is 3.08. The topological polar surface area (TPSA) is 79.8 Å². The van der Waals surface area contributed by atoms with Crippen LogP contribution in [0.25, 0.3) is 0 Å². The summed E-state index contributed by atoms with van der Waals surface area (Å²) < 4.78 is 0.711. The quantitative estimate of drug-likeness (QED) is 0.878. The van der Waals surface area contributed by atoms with Crippen molar-refractivity contribution in [2.45, 2.75) is 13.3 Å². The highest BCUT2D eigenvalue weighted by Gasteiger charge is 2.10. The molecule has 0 atom stereocenters. The second kappa shape index (κ2) is 6.95. The highest BCUT2D eigenvalue weighted by Crippen LogP contribution is 2.18. The van der Waals surface area contributed by atoms with Crippen LogP contribution in [0.3, 0.4) is 0 Å². The molecule has 0 aliphatic heterocycles. The summed E-state index contributed by atoms with van der Waals surface area (Å²) in [5, 5.41) is 13.6. The van der Waals surface area contributed by atoms with Crippen LogP contribution in [0.2, 0.25) is 0 Å². The highest BCUT2D eigenvalue weighted by atomic mass is 79.9. The van der Waals surface area contributed by atoms with Gasteiger partial charge in [0.05, 0.1) is 4.47 Å². The molecule has 2 aromatic heterocycles. The Morgan fingerprint density at radius 1 is 1.30 bits per heavy atom. The summed E-state index contributed by atoms with van der Waals surface area (Å²) in [6, 6.07) is 6.92. The molecular weight excluding hydrogens is 322 g/mol. The summed E-state index contributed by atoms with van der Waals surface area (Å²) in [4.78, 5) is 16.1. The summed E-state index contributed by atoms with van der Waals surface area (Å²) in [6.07, 6.45) is 2.60. The predicted octanol–water partition coefficient (Wildman–Crippen LogP) is 2.71. The zero-order valence-electron chi connectivity index (χ0n) is 10.9. The van der Waals surface area contributed by atoms with Crippen LogP contribution < -0.4 is 10.6 Å². The van der Waals surface area contributed by atoms with Crippen molar-refractivity contribution in [3.8, 4) is 0 Å². The lowest BCUT2D eigenvalue weighted by molar-refractivity contribution is 0.102. The first-order valence-electron chi connectivity index (χ1n) is 6.20. The first-order valence-corrected chi connectivity index (χ1v) is 6.99. The van der Waals surface area contributed by atoms with E-state index in [0.29, 0.717) is 16.1 Å². The van der Waals surface area contributed by atoms with Crippen LogP contribution in [0.4, 0.5) is 11.6 Å². The van der Waals surface area contributed by atoms with E-state index in [0.717, 1.165) is 13.0 Å². The fourth-order valence-electron chi connectivity index (χ4n) is 1.45. The maximum Gasteiger partial charge on any atom is 0.277 e. The Hall–Kier alpha value is -2.02. The van der Waals surface area contributed by atoms with Crippen LogP contribution in [0.1, 0.15) is 23.8 Å². The smallest absolute Gasteiger partial charge is 0.277 e. The number of amides is 1. The fourth-order valence-corrected chi connectivity index (χ4v) is 1.80. The predicted molar refractivity (Wildman–Crippen MR) is 80.7 cm³/mol. The van der Waals surface area contributed by atoms with Crippen LogP contribution in [0, 0.1) is 0 Å². The molecule has 104 valence electrons. The fraction of sp³-hybridized carbons (Fsp3) is 0.231. The van der Waals surface area contributed by atoms with Crippen LogP contribution in [-0.2, 0) is 0 Å². The van der Waals surface area contributed by atoms with E-state index in [9.17, 15) is 4.79 Å². The molecule has 0 fully saturated rings. The summed E-state index contributed by atoms with van der Waals surface area (Å²) in [7, 11) is 0. The molecular formula is C13H14BrN5O. The van der Waals surface area contributed by atoms with E-state index in [1.165, 1.54) is 0 Å². The number of nitrogens with one attached hydrogen (secondary N) is 2. The molecule has 2 N–H and O–H groups in total. The Balaban J connectivity index is 2.04. The maximum atomic E-state index is 12.0. The number of rotatable bonds is 5. The molecule has 0 aromatic carbocycles. The van der Waals surface area contributed by atoms with Gasteiger partial charge in [0.25, 0.3) is 5.91 Å². The molecule has 0 bridgehead atoms. The first kappa shape index (κ1) is 14.4. The summed E-state index contributed by atoms with van der Waals surface area (Å²) in [6.45, 7) is 2.88. The van der Waals surface area contributed by atoms with Crippen molar-refractivity contribution < 1.29 is 4.79 Å². The number of aromatic nitrogens is 3. The van der Waals surface area contributed by atoms with Gasteiger partial charge < -0.3 is 10.6 Å². The molecule has 0 spiro atoms. The van der Waals surface area contributed by atoms with E-state index in [-0.39, 0.29) is 11.6 Å². The molecule has 0 aliphatic carbocycles. The molecule has 2 aromatic rings. The van der Waals surface area contributed by atoms with E-state index in [1.54, 1.807) is 30.5 Å². The molecule has 0 saturated heterocycles. The lowest BCUT2D eigenvalue weighted by Crippen LogP contribution is -2.16. The van der Waals surface area contributed by atoms with Crippen molar-refractivity contribution in [1.29, 1.82) is 0 Å². The number of carbonyl (C=O) groups excluding carboxylic acids is 1. The van der Waals surface area contributed by atoms with Gasteiger partial charge in [-0.2, -0.15) is 0 Å². The number of nitrogens with zero attached hydrogens (tertiary/aromatic N) is 3. The van der Waals surface area contributed by atoms with Crippen molar-refractivity contribution in [2.24, 2.45) is 0 Å². The standard InChI is InChI=1S/C13H14BrN5O/c1-2-7-15-11-6-5-10(18-19-11)13(20)17-12-9(14)4-3-8-16-12/h3-6,8H,2,7H2,1H3,(H,15,19)(H,16,17,20). The van der Waals surface area contributed by atoms with Gasteiger partial charge in [0.15, 0.2) is 5.69 Å². The van der Waals surface area contributed by atoms with Crippen molar-refractivity contribution in [1.82, 2.24) is 15.2 Å². The van der Waals surface area contributed by atoms with Crippen LogP contribution >= 0.6 is 15.9 Å². The van der Waals surface area contributed by atoms with Crippen LogP contribution in [0.5, 0.6) is 0 Å². The Morgan fingerprint density at radius 2 is 2.15 bits per heavy atom. The number of carbonyl (C=O) groups is 1. The van der Waals surface area contributed by atoms with Crippen molar-refractivity contribution in [3.63, 3.8) is 0 Å². The van der Waals surface area contributed by atoms with Crippen LogP contribution in [-0.4, -0.2) is 27.6 Å². The maximum absolute atomic E-state index is 12.0. The van der Waals surface area contributed by atoms with Crippen LogP contribution in [0.15, 0.2) is 34.9 Å². The second-order valence-corrected chi connectivity index (χ2v) is 4.87. The number of hydrogen-bond acceptors (Lipinski definition) is 5. The van der Waals surface area contributed by atoms with Gasteiger partial charge in [-0.05, 0) is 46.6 Å². The minimum absolute atomic E-state index is 0.240. The third kappa shape index (κ3) is 3.74. The molecule has 1 amide bonds. The van der Waals surface area contributed by atoms with E-state index in [4.69, 9.17) is 0 Å². The molecule has 0 radical (unpaired) electrons. The lowest BCUT2D eigenvalue weighted by Gasteiger charge is -2.06. The van der Waals surface area contributed by atoms with Crippen molar-refractivity contribution in [3.05, 3.63) is 40.6 Å². The van der Waals surface area contributed by atoms with E-state index in [2.05, 4.69) is 48.7 Å². The van der Waals surface area contributed by atoms with Gasteiger partial charge in [-0.3, -0.25) is 4.79 Å².